The molecule has 0 radical (unpaired) electrons. The van der Waals surface area contributed by atoms with Gasteiger partial charge in [0.05, 0.1) is 0 Å². The quantitative estimate of drug-likeness (QED) is 0.683. The summed E-state index contributed by atoms with van der Waals surface area (Å²) in [5.41, 5.74) is 5.79. The van der Waals surface area contributed by atoms with Crippen LogP contribution in [0.25, 0.3) is 0 Å². The zero-order chi connectivity index (χ0) is 9.68. The molecule has 2 atom stereocenters. The number of hydrogen-bond acceptors (Lipinski definition) is 2. The van der Waals surface area contributed by atoms with Crippen molar-refractivity contribution in [2.24, 2.45) is 17.6 Å². The van der Waals surface area contributed by atoms with Crippen LogP contribution in [0.4, 0.5) is 0 Å². The lowest BCUT2D eigenvalue weighted by atomic mass is 9.85. The van der Waals surface area contributed by atoms with E-state index in [0.717, 1.165) is 12.5 Å². The normalized spacial score (nSPS) is 23.3. The van der Waals surface area contributed by atoms with E-state index >= 15 is 0 Å². The van der Waals surface area contributed by atoms with Gasteiger partial charge in [0.25, 0.3) is 0 Å². The average Bonchev–Trinajstić information content (AvgIpc) is 2.66. The molecule has 0 heterocycles. The Morgan fingerprint density at radius 1 is 1.38 bits per heavy atom. The fourth-order valence-electron chi connectivity index (χ4n) is 2.74. The summed E-state index contributed by atoms with van der Waals surface area (Å²) in [4.78, 5) is 0. The van der Waals surface area contributed by atoms with Crippen molar-refractivity contribution in [2.75, 3.05) is 13.6 Å². The molecule has 0 bridgehead atoms. The molecule has 0 aromatic carbocycles. The molecule has 0 aliphatic heterocycles. The highest BCUT2D eigenvalue weighted by atomic mass is 14.9. The van der Waals surface area contributed by atoms with E-state index in [0.29, 0.717) is 12.0 Å². The Morgan fingerprint density at radius 3 is 2.38 bits per heavy atom. The molecule has 78 valence electrons. The molecule has 1 fully saturated rings. The summed E-state index contributed by atoms with van der Waals surface area (Å²) in [5.74, 6) is 1.56. The maximum Gasteiger partial charge on any atom is 0.0132 e. The second kappa shape index (κ2) is 5.61. The molecular formula is C11H24N2. The zero-order valence-corrected chi connectivity index (χ0v) is 9.05. The Hall–Kier alpha value is -0.0800. The van der Waals surface area contributed by atoms with E-state index in [-0.39, 0.29) is 0 Å². The van der Waals surface area contributed by atoms with Gasteiger partial charge in [-0.3, -0.25) is 0 Å². The van der Waals surface area contributed by atoms with Gasteiger partial charge in [-0.05, 0) is 38.3 Å². The third kappa shape index (κ3) is 2.68. The molecule has 0 aromatic rings. The molecule has 0 spiro atoms. The van der Waals surface area contributed by atoms with Gasteiger partial charge >= 0.3 is 0 Å². The lowest BCUT2D eigenvalue weighted by Crippen LogP contribution is -2.42. The summed E-state index contributed by atoms with van der Waals surface area (Å²) in [6.45, 7) is 3.08. The summed E-state index contributed by atoms with van der Waals surface area (Å²) >= 11 is 0. The summed E-state index contributed by atoms with van der Waals surface area (Å²) in [5, 5.41) is 3.47. The van der Waals surface area contributed by atoms with Gasteiger partial charge in [-0.15, -0.1) is 0 Å². The summed E-state index contributed by atoms with van der Waals surface area (Å²) in [6.07, 6.45) is 6.86. The molecule has 2 nitrogen and oxygen atoms in total. The SMILES string of the molecule is CCC(CN)C(NC)C1CCCC1. The molecule has 0 amide bonds. The van der Waals surface area contributed by atoms with Crippen LogP contribution in [-0.2, 0) is 0 Å². The fraction of sp³-hybridized carbons (Fsp3) is 1.00. The van der Waals surface area contributed by atoms with Crippen LogP contribution in [-0.4, -0.2) is 19.6 Å². The Bertz CT molecular complexity index is 124. The standard InChI is InChI=1S/C11H24N2/c1-3-9(8-12)11(13-2)10-6-4-5-7-10/h9-11,13H,3-8,12H2,1-2H3. The Kier molecular flexibility index (Phi) is 4.74. The van der Waals surface area contributed by atoms with E-state index < -0.39 is 0 Å². The van der Waals surface area contributed by atoms with E-state index in [4.69, 9.17) is 5.73 Å². The maximum atomic E-state index is 5.79. The predicted molar refractivity (Wildman–Crippen MR) is 57.6 cm³/mol. The number of nitrogens with one attached hydrogen (secondary N) is 1. The van der Waals surface area contributed by atoms with E-state index in [1.54, 1.807) is 0 Å². The Balaban J connectivity index is 2.48. The molecular weight excluding hydrogens is 160 g/mol. The Morgan fingerprint density at radius 2 is 2.00 bits per heavy atom. The number of nitrogens with two attached hydrogens (primary N) is 1. The van der Waals surface area contributed by atoms with E-state index in [2.05, 4.69) is 19.3 Å². The third-order valence-corrected chi connectivity index (χ3v) is 3.58. The zero-order valence-electron chi connectivity index (χ0n) is 9.05. The number of rotatable bonds is 5. The first-order valence-corrected chi connectivity index (χ1v) is 5.70. The molecule has 2 heteroatoms. The van der Waals surface area contributed by atoms with Crippen molar-refractivity contribution in [3.8, 4) is 0 Å². The van der Waals surface area contributed by atoms with Crippen LogP contribution in [0, 0.1) is 11.8 Å². The molecule has 1 rings (SSSR count). The minimum atomic E-state index is 0.664. The smallest absolute Gasteiger partial charge is 0.0132 e. The molecule has 13 heavy (non-hydrogen) atoms. The van der Waals surface area contributed by atoms with Crippen molar-refractivity contribution >= 4 is 0 Å². The summed E-state index contributed by atoms with van der Waals surface area (Å²) in [6, 6.07) is 0.664. The largest absolute Gasteiger partial charge is 0.330 e. The van der Waals surface area contributed by atoms with E-state index in [9.17, 15) is 0 Å². The lowest BCUT2D eigenvalue weighted by molar-refractivity contribution is 0.270. The van der Waals surface area contributed by atoms with Crippen LogP contribution < -0.4 is 11.1 Å². The molecule has 2 unspecified atom stereocenters. The lowest BCUT2D eigenvalue weighted by Gasteiger charge is -2.30. The highest BCUT2D eigenvalue weighted by molar-refractivity contribution is 4.84. The van der Waals surface area contributed by atoms with Gasteiger partial charge in [-0.2, -0.15) is 0 Å². The van der Waals surface area contributed by atoms with Crippen LogP contribution >= 0.6 is 0 Å². The van der Waals surface area contributed by atoms with Crippen LogP contribution in [0.2, 0.25) is 0 Å². The molecule has 0 saturated heterocycles. The minimum Gasteiger partial charge on any atom is -0.330 e. The number of hydrogen-bond donors (Lipinski definition) is 2. The molecule has 1 aliphatic carbocycles. The maximum absolute atomic E-state index is 5.79. The van der Waals surface area contributed by atoms with Crippen LogP contribution in [0.3, 0.4) is 0 Å². The van der Waals surface area contributed by atoms with Gasteiger partial charge in [0, 0.05) is 6.04 Å². The predicted octanol–water partition coefficient (Wildman–Crippen LogP) is 1.75. The van der Waals surface area contributed by atoms with Gasteiger partial charge in [0.2, 0.25) is 0 Å². The van der Waals surface area contributed by atoms with Gasteiger partial charge in [0.15, 0.2) is 0 Å². The highest BCUT2D eigenvalue weighted by Crippen LogP contribution is 2.31. The summed E-state index contributed by atoms with van der Waals surface area (Å²) < 4.78 is 0. The van der Waals surface area contributed by atoms with Gasteiger partial charge in [0.1, 0.15) is 0 Å². The first kappa shape index (κ1) is 11.0. The van der Waals surface area contributed by atoms with Crippen molar-refractivity contribution < 1.29 is 0 Å². The van der Waals surface area contributed by atoms with Crippen molar-refractivity contribution in [3.63, 3.8) is 0 Å². The molecule has 0 aromatic heterocycles. The topological polar surface area (TPSA) is 38.0 Å². The van der Waals surface area contributed by atoms with Gasteiger partial charge < -0.3 is 11.1 Å². The fourth-order valence-corrected chi connectivity index (χ4v) is 2.74. The third-order valence-electron chi connectivity index (χ3n) is 3.58. The van der Waals surface area contributed by atoms with Crippen molar-refractivity contribution in [1.82, 2.24) is 5.32 Å². The first-order valence-electron chi connectivity index (χ1n) is 5.70. The van der Waals surface area contributed by atoms with Gasteiger partial charge in [-0.1, -0.05) is 26.2 Å². The minimum absolute atomic E-state index is 0.664. The Labute approximate surface area is 82.3 Å². The first-order chi connectivity index (χ1) is 6.33. The van der Waals surface area contributed by atoms with Crippen molar-refractivity contribution in [2.45, 2.75) is 45.1 Å². The monoisotopic (exact) mass is 184 g/mol. The second-order valence-electron chi connectivity index (χ2n) is 4.26. The van der Waals surface area contributed by atoms with E-state index in [1.165, 1.54) is 32.1 Å². The van der Waals surface area contributed by atoms with Crippen LogP contribution in [0.15, 0.2) is 0 Å². The van der Waals surface area contributed by atoms with Crippen molar-refractivity contribution in [3.05, 3.63) is 0 Å². The van der Waals surface area contributed by atoms with Gasteiger partial charge in [-0.25, -0.2) is 0 Å². The molecule has 1 saturated carbocycles. The van der Waals surface area contributed by atoms with Crippen LogP contribution in [0.1, 0.15) is 39.0 Å². The molecule has 3 N–H and O–H groups in total. The second-order valence-corrected chi connectivity index (χ2v) is 4.26. The summed E-state index contributed by atoms with van der Waals surface area (Å²) in [7, 11) is 2.08. The van der Waals surface area contributed by atoms with Crippen molar-refractivity contribution in [1.29, 1.82) is 0 Å². The molecule has 1 aliphatic rings. The average molecular weight is 184 g/mol. The van der Waals surface area contributed by atoms with Crippen LogP contribution in [0.5, 0.6) is 0 Å². The van der Waals surface area contributed by atoms with E-state index in [1.807, 2.05) is 0 Å². The highest BCUT2D eigenvalue weighted by Gasteiger charge is 2.28.